The van der Waals surface area contributed by atoms with E-state index < -0.39 is 0 Å². The van der Waals surface area contributed by atoms with Gasteiger partial charge in [0.2, 0.25) is 0 Å². The van der Waals surface area contributed by atoms with Gasteiger partial charge in [-0.3, -0.25) is 4.98 Å². The Hall–Kier alpha value is -2.15. The monoisotopic (exact) mass is 314 g/mol. The van der Waals surface area contributed by atoms with Gasteiger partial charge in [-0.2, -0.15) is 0 Å². The summed E-state index contributed by atoms with van der Waals surface area (Å²) in [5, 5.41) is 9.14. The highest BCUT2D eigenvalue weighted by molar-refractivity contribution is 7.98. The molecule has 0 saturated heterocycles. The molecule has 0 atom stereocenters. The fourth-order valence-electron chi connectivity index (χ4n) is 2.19. The zero-order valence-corrected chi connectivity index (χ0v) is 13.3. The summed E-state index contributed by atoms with van der Waals surface area (Å²) in [5.74, 6) is 1.86. The Kier molecular flexibility index (Phi) is 4.85. The van der Waals surface area contributed by atoms with Crippen molar-refractivity contribution in [1.82, 2.24) is 29.3 Å². The average Bonchev–Trinajstić information content (AvgIpc) is 3.20. The van der Waals surface area contributed by atoms with Crippen LogP contribution in [-0.2, 0) is 25.3 Å². The van der Waals surface area contributed by atoms with Crippen LogP contribution in [0.15, 0.2) is 48.3 Å². The van der Waals surface area contributed by atoms with E-state index in [0.29, 0.717) is 0 Å². The molecule has 0 bridgehead atoms. The topological polar surface area (TPSA) is 61.4 Å². The van der Waals surface area contributed by atoms with Crippen molar-refractivity contribution < 1.29 is 0 Å². The third kappa shape index (κ3) is 3.54. The van der Waals surface area contributed by atoms with E-state index in [2.05, 4.69) is 36.2 Å². The summed E-state index contributed by atoms with van der Waals surface area (Å²) in [6.45, 7) is 3.88. The Morgan fingerprint density at radius 1 is 1.14 bits per heavy atom. The number of aromatic nitrogens is 6. The van der Waals surface area contributed by atoms with Gasteiger partial charge in [0.15, 0.2) is 5.16 Å². The van der Waals surface area contributed by atoms with Gasteiger partial charge < -0.3 is 9.13 Å². The normalized spacial score (nSPS) is 11.0. The maximum absolute atomic E-state index is 4.38. The molecule has 0 unspecified atom stereocenters. The van der Waals surface area contributed by atoms with E-state index in [1.807, 2.05) is 36.8 Å². The predicted octanol–water partition coefficient (Wildman–Crippen LogP) is 2.42. The lowest BCUT2D eigenvalue weighted by atomic mass is 10.3. The first-order chi connectivity index (χ1) is 10.9. The fourth-order valence-corrected chi connectivity index (χ4v) is 3.10. The summed E-state index contributed by atoms with van der Waals surface area (Å²) in [5.41, 5.74) is 1.08. The van der Waals surface area contributed by atoms with Crippen LogP contribution in [0.25, 0.3) is 0 Å². The van der Waals surface area contributed by atoms with E-state index in [-0.39, 0.29) is 0 Å². The Bertz CT molecular complexity index is 706. The molecule has 114 valence electrons. The molecule has 0 saturated carbocycles. The van der Waals surface area contributed by atoms with Gasteiger partial charge in [-0.1, -0.05) is 17.8 Å². The first kappa shape index (κ1) is 14.8. The molecule has 3 aromatic heterocycles. The molecule has 3 aromatic rings. The second kappa shape index (κ2) is 7.22. The van der Waals surface area contributed by atoms with Crippen LogP contribution < -0.4 is 0 Å². The van der Waals surface area contributed by atoms with Crippen LogP contribution in [0.3, 0.4) is 0 Å². The van der Waals surface area contributed by atoms with E-state index in [4.69, 9.17) is 0 Å². The lowest BCUT2D eigenvalue weighted by molar-refractivity contribution is 0.626. The molecule has 0 N–H and O–H groups in total. The van der Waals surface area contributed by atoms with Crippen LogP contribution in [0.4, 0.5) is 0 Å². The maximum Gasteiger partial charge on any atom is 0.191 e. The SMILES string of the molecule is CCn1ccnc1CSc1nncn1CCc1ccccn1. The van der Waals surface area contributed by atoms with Gasteiger partial charge in [0.05, 0.1) is 5.75 Å². The van der Waals surface area contributed by atoms with Crippen LogP contribution in [0.1, 0.15) is 18.4 Å². The van der Waals surface area contributed by atoms with Gasteiger partial charge in [-0.25, -0.2) is 4.98 Å². The maximum atomic E-state index is 4.38. The number of aryl methyl sites for hydroxylation is 3. The van der Waals surface area contributed by atoms with Gasteiger partial charge in [-0.05, 0) is 19.1 Å². The highest BCUT2D eigenvalue weighted by Gasteiger charge is 2.08. The molecular formula is C15H18N6S. The van der Waals surface area contributed by atoms with E-state index in [9.17, 15) is 0 Å². The minimum Gasteiger partial charge on any atom is -0.335 e. The first-order valence-electron chi connectivity index (χ1n) is 7.27. The second-order valence-corrected chi connectivity index (χ2v) is 5.74. The Morgan fingerprint density at radius 3 is 2.91 bits per heavy atom. The zero-order chi connectivity index (χ0) is 15.2. The van der Waals surface area contributed by atoms with E-state index in [0.717, 1.165) is 41.9 Å². The molecular weight excluding hydrogens is 296 g/mol. The number of hydrogen-bond acceptors (Lipinski definition) is 5. The summed E-state index contributed by atoms with van der Waals surface area (Å²) in [6, 6.07) is 5.98. The van der Waals surface area contributed by atoms with Crippen LogP contribution in [0, 0.1) is 0 Å². The third-order valence-electron chi connectivity index (χ3n) is 3.39. The third-order valence-corrected chi connectivity index (χ3v) is 4.36. The van der Waals surface area contributed by atoms with Crippen molar-refractivity contribution in [3.63, 3.8) is 0 Å². The van der Waals surface area contributed by atoms with Crippen LogP contribution >= 0.6 is 11.8 Å². The van der Waals surface area contributed by atoms with Crippen LogP contribution in [0.5, 0.6) is 0 Å². The number of rotatable bonds is 7. The van der Waals surface area contributed by atoms with Crippen molar-refractivity contribution in [3.05, 3.63) is 54.6 Å². The summed E-state index contributed by atoms with van der Waals surface area (Å²) >= 11 is 1.66. The van der Waals surface area contributed by atoms with E-state index in [1.165, 1.54) is 0 Å². The van der Waals surface area contributed by atoms with Gasteiger partial charge in [-0.15, -0.1) is 10.2 Å². The molecule has 0 radical (unpaired) electrons. The molecule has 0 spiro atoms. The molecule has 22 heavy (non-hydrogen) atoms. The van der Waals surface area contributed by atoms with Gasteiger partial charge in [0.25, 0.3) is 0 Å². The smallest absolute Gasteiger partial charge is 0.191 e. The lowest BCUT2D eigenvalue weighted by Gasteiger charge is -2.07. The Labute approximate surface area is 133 Å². The first-order valence-corrected chi connectivity index (χ1v) is 8.26. The van der Waals surface area contributed by atoms with Gasteiger partial charge >= 0.3 is 0 Å². The van der Waals surface area contributed by atoms with Gasteiger partial charge in [0, 0.05) is 43.8 Å². The molecule has 0 aliphatic carbocycles. The lowest BCUT2D eigenvalue weighted by Crippen LogP contribution is -2.04. The van der Waals surface area contributed by atoms with Crippen molar-refractivity contribution in [1.29, 1.82) is 0 Å². The largest absolute Gasteiger partial charge is 0.335 e. The van der Waals surface area contributed by atoms with Crippen molar-refractivity contribution in [2.75, 3.05) is 0 Å². The number of thioether (sulfide) groups is 1. The molecule has 6 nitrogen and oxygen atoms in total. The average molecular weight is 314 g/mol. The molecule has 0 aliphatic rings. The molecule has 3 rings (SSSR count). The number of pyridine rings is 1. The Morgan fingerprint density at radius 2 is 2.09 bits per heavy atom. The van der Waals surface area contributed by atoms with Crippen molar-refractivity contribution >= 4 is 11.8 Å². The fraction of sp³-hybridized carbons (Fsp3) is 0.333. The number of imidazole rings is 1. The van der Waals surface area contributed by atoms with Crippen molar-refractivity contribution in [3.8, 4) is 0 Å². The minimum absolute atomic E-state index is 0.795. The molecule has 0 amide bonds. The molecule has 7 heteroatoms. The molecule has 0 aliphatic heterocycles. The predicted molar refractivity (Wildman–Crippen MR) is 85.4 cm³/mol. The van der Waals surface area contributed by atoms with Crippen LogP contribution in [0.2, 0.25) is 0 Å². The highest BCUT2D eigenvalue weighted by Crippen LogP contribution is 2.20. The van der Waals surface area contributed by atoms with E-state index in [1.54, 1.807) is 18.1 Å². The summed E-state index contributed by atoms with van der Waals surface area (Å²) in [7, 11) is 0. The standard InChI is InChI=1S/C15H18N6S/c1-2-20-10-8-17-14(20)11-22-15-19-18-12-21(15)9-6-13-5-3-4-7-16-13/h3-5,7-8,10,12H,2,6,9,11H2,1H3. The highest BCUT2D eigenvalue weighted by atomic mass is 32.2. The molecule has 0 aromatic carbocycles. The zero-order valence-electron chi connectivity index (χ0n) is 12.5. The van der Waals surface area contributed by atoms with Crippen molar-refractivity contribution in [2.45, 2.75) is 37.3 Å². The van der Waals surface area contributed by atoms with Crippen LogP contribution in [-0.4, -0.2) is 29.3 Å². The number of nitrogens with zero attached hydrogens (tertiary/aromatic N) is 6. The minimum atomic E-state index is 0.795. The molecule has 3 heterocycles. The quantitative estimate of drug-likeness (QED) is 0.627. The molecule has 0 fully saturated rings. The second-order valence-electron chi connectivity index (χ2n) is 4.80. The number of hydrogen-bond donors (Lipinski definition) is 0. The summed E-state index contributed by atoms with van der Waals surface area (Å²) in [4.78, 5) is 8.73. The van der Waals surface area contributed by atoms with E-state index >= 15 is 0 Å². The van der Waals surface area contributed by atoms with Crippen molar-refractivity contribution in [2.24, 2.45) is 0 Å². The summed E-state index contributed by atoms with van der Waals surface area (Å²) in [6.07, 6.45) is 8.31. The Balaban J connectivity index is 1.60. The van der Waals surface area contributed by atoms with Gasteiger partial charge in [0.1, 0.15) is 12.2 Å². The summed E-state index contributed by atoms with van der Waals surface area (Å²) < 4.78 is 4.21.